The summed E-state index contributed by atoms with van der Waals surface area (Å²) in [6.07, 6.45) is 0.738. The average Bonchev–Trinajstić information content (AvgIpc) is 2.79. The Morgan fingerprint density at radius 1 is 0.906 bits per heavy atom. The van der Waals surface area contributed by atoms with E-state index in [4.69, 9.17) is 18.9 Å². The van der Waals surface area contributed by atoms with Crippen molar-refractivity contribution < 1.29 is 33.3 Å². The van der Waals surface area contributed by atoms with Crippen molar-refractivity contribution in [1.29, 1.82) is 0 Å². The van der Waals surface area contributed by atoms with Crippen molar-refractivity contribution >= 4 is 23.5 Å². The van der Waals surface area contributed by atoms with Gasteiger partial charge in [0, 0.05) is 5.69 Å². The van der Waals surface area contributed by atoms with Crippen LogP contribution in [0.4, 0.5) is 5.69 Å². The van der Waals surface area contributed by atoms with Gasteiger partial charge in [-0.05, 0) is 54.8 Å². The highest BCUT2D eigenvalue weighted by molar-refractivity contribution is 5.96. The molecule has 8 nitrogen and oxygen atoms in total. The molecule has 0 fully saturated rings. The molecule has 0 spiro atoms. The molecule has 0 unspecified atom stereocenters. The zero-order valence-corrected chi connectivity index (χ0v) is 18.8. The van der Waals surface area contributed by atoms with Gasteiger partial charge in [-0.15, -0.1) is 0 Å². The summed E-state index contributed by atoms with van der Waals surface area (Å²) in [6.45, 7) is 6.36. The number of benzene rings is 2. The molecule has 0 aliphatic heterocycles. The van der Waals surface area contributed by atoms with Crippen LogP contribution in [0.2, 0.25) is 0 Å². The molecule has 172 valence electrons. The van der Waals surface area contributed by atoms with Crippen LogP contribution in [0.15, 0.2) is 42.5 Å². The number of amides is 1. The molecule has 0 bridgehead atoms. The molecule has 0 atom stereocenters. The Morgan fingerprint density at radius 3 is 2.19 bits per heavy atom. The van der Waals surface area contributed by atoms with Gasteiger partial charge in [-0.3, -0.25) is 4.79 Å². The molecule has 32 heavy (non-hydrogen) atoms. The van der Waals surface area contributed by atoms with Crippen LogP contribution >= 0.6 is 0 Å². The molecule has 8 heteroatoms. The van der Waals surface area contributed by atoms with Gasteiger partial charge in [-0.25, -0.2) is 9.59 Å². The first kappa shape index (κ1) is 24.7. The Labute approximate surface area is 187 Å². The zero-order chi connectivity index (χ0) is 23.5. The van der Waals surface area contributed by atoms with Crippen LogP contribution in [0, 0.1) is 5.92 Å². The summed E-state index contributed by atoms with van der Waals surface area (Å²) >= 11 is 0. The van der Waals surface area contributed by atoms with Crippen molar-refractivity contribution in [2.75, 3.05) is 32.2 Å². The molecule has 0 radical (unpaired) electrons. The van der Waals surface area contributed by atoms with E-state index in [1.165, 1.54) is 13.2 Å². The zero-order valence-electron chi connectivity index (χ0n) is 18.8. The topological polar surface area (TPSA) is 100 Å². The van der Waals surface area contributed by atoms with Gasteiger partial charge in [0.05, 0.1) is 31.5 Å². The molecular formula is C24H29NO7. The van der Waals surface area contributed by atoms with E-state index in [1.807, 2.05) is 20.8 Å². The van der Waals surface area contributed by atoms with Crippen molar-refractivity contribution in [3.05, 3.63) is 53.6 Å². The minimum absolute atomic E-state index is 0.237. The molecule has 0 aliphatic carbocycles. The second-order valence-corrected chi connectivity index (χ2v) is 7.41. The Bertz CT molecular complexity index is 922. The predicted octanol–water partition coefficient (Wildman–Crippen LogP) is 4.09. The largest absolute Gasteiger partial charge is 0.493 e. The second-order valence-electron chi connectivity index (χ2n) is 7.41. The lowest BCUT2D eigenvalue weighted by Gasteiger charge is -2.13. The summed E-state index contributed by atoms with van der Waals surface area (Å²) in [5, 5.41) is 2.60. The summed E-state index contributed by atoms with van der Waals surface area (Å²) in [4.78, 5) is 36.2. The van der Waals surface area contributed by atoms with Crippen LogP contribution in [-0.2, 0) is 14.3 Å². The molecule has 0 saturated heterocycles. The molecule has 2 aromatic carbocycles. The van der Waals surface area contributed by atoms with Crippen LogP contribution in [0.1, 0.15) is 47.9 Å². The number of hydrogen-bond acceptors (Lipinski definition) is 7. The number of nitrogens with one attached hydrogen (secondary N) is 1. The summed E-state index contributed by atoms with van der Waals surface area (Å²) in [7, 11) is 1.48. The maximum Gasteiger partial charge on any atom is 0.338 e. The molecule has 2 rings (SSSR count). The fourth-order valence-electron chi connectivity index (χ4n) is 2.55. The van der Waals surface area contributed by atoms with Gasteiger partial charge in [0.15, 0.2) is 18.1 Å². The van der Waals surface area contributed by atoms with Gasteiger partial charge < -0.3 is 24.3 Å². The number of anilines is 1. The molecule has 0 heterocycles. The van der Waals surface area contributed by atoms with Crippen LogP contribution in [0.25, 0.3) is 0 Å². The molecule has 2 aromatic rings. The van der Waals surface area contributed by atoms with Crippen LogP contribution in [0.3, 0.4) is 0 Å². The van der Waals surface area contributed by atoms with Crippen LogP contribution in [0.5, 0.6) is 11.5 Å². The van der Waals surface area contributed by atoms with Crippen molar-refractivity contribution in [1.82, 2.24) is 0 Å². The molecular weight excluding hydrogens is 414 g/mol. The average molecular weight is 443 g/mol. The van der Waals surface area contributed by atoms with E-state index >= 15 is 0 Å². The van der Waals surface area contributed by atoms with Gasteiger partial charge in [0.1, 0.15) is 0 Å². The first-order valence-electron chi connectivity index (χ1n) is 10.4. The van der Waals surface area contributed by atoms with Crippen LogP contribution in [-0.4, -0.2) is 44.8 Å². The highest BCUT2D eigenvalue weighted by atomic mass is 16.5. The lowest BCUT2D eigenvalue weighted by atomic mass is 10.2. The molecule has 1 amide bonds. The van der Waals surface area contributed by atoms with E-state index in [2.05, 4.69) is 5.32 Å². The van der Waals surface area contributed by atoms with E-state index in [0.29, 0.717) is 41.9 Å². The first-order chi connectivity index (χ1) is 15.3. The first-order valence-corrected chi connectivity index (χ1v) is 10.4. The summed E-state index contributed by atoms with van der Waals surface area (Å²) in [6, 6.07) is 10.9. The Hall–Kier alpha value is -3.55. The third kappa shape index (κ3) is 7.61. The number of rotatable bonds is 11. The molecule has 0 saturated carbocycles. The van der Waals surface area contributed by atoms with Gasteiger partial charge in [-0.2, -0.15) is 0 Å². The summed E-state index contributed by atoms with van der Waals surface area (Å²) < 4.78 is 21.1. The van der Waals surface area contributed by atoms with Crippen molar-refractivity contribution in [3.63, 3.8) is 0 Å². The normalized spacial score (nSPS) is 10.4. The van der Waals surface area contributed by atoms with E-state index in [0.717, 1.165) is 6.42 Å². The third-order valence-corrected chi connectivity index (χ3v) is 4.15. The van der Waals surface area contributed by atoms with Crippen molar-refractivity contribution in [2.24, 2.45) is 5.92 Å². The fourth-order valence-corrected chi connectivity index (χ4v) is 2.55. The maximum absolute atomic E-state index is 12.3. The van der Waals surface area contributed by atoms with E-state index < -0.39 is 24.5 Å². The quantitative estimate of drug-likeness (QED) is 0.522. The number of esters is 2. The molecule has 0 aromatic heterocycles. The van der Waals surface area contributed by atoms with Gasteiger partial charge in [0.2, 0.25) is 0 Å². The number of hydrogen-bond donors (Lipinski definition) is 1. The predicted molar refractivity (Wildman–Crippen MR) is 119 cm³/mol. The highest BCUT2D eigenvalue weighted by Gasteiger charge is 2.15. The fraction of sp³-hybridized carbons (Fsp3) is 0.375. The van der Waals surface area contributed by atoms with E-state index in [9.17, 15) is 14.4 Å². The Morgan fingerprint density at radius 2 is 1.56 bits per heavy atom. The number of ether oxygens (including phenoxy) is 4. The number of methoxy groups -OCH3 is 1. The van der Waals surface area contributed by atoms with E-state index in [1.54, 1.807) is 36.4 Å². The lowest BCUT2D eigenvalue weighted by molar-refractivity contribution is -0.119. The van der Waals surface area contributed by atoms with Crippen molar-refractivity contribution in [3.8, 4) is 11.5 Å². The summed E-state index contributed by atoms with van der Waals surface area (Å²) in [5.74, 6) is -0.324. The van der Waals surface area contributed by atoms with Gasteiger partial charge in [0.25, 0.3) is 5.91 Å². The highest BCUT2D eigenvalue weighted by Crippen LogP contribution is 2.28. The van der Waals surface area contributed by atoms with E-state index in [-0.39, 0.29) is 5.56 Å². The SMILES string of the molecule is CCCOC(=O)c1ccc(NC(=O)COC(=O)c2ccc(OCC(C)C)c(OC)c2)cc1. The standard InChI is InChI=1S/C24H29NO7/c1-5-12-30-23(27)17-6-9-19(10-7-17)25-22(26)15-32-24(28)18-8-11-20(21(13-18)29-4)31-14-16(2)3/h6-11,13,16H,5,12,14-15H2,1-4H3,(H,25,26). The number of carbonyl (C=O) groups excluding carboxylic acids is 3. The maximum atomic E-state index is 12.3. The smallest absolute Gasteiger partial charge is 0.338 e. The van der Waals surface area contributed by atoms with Crippen molar-refractivity contribution in [2.45, 2.75) is 27.2 Å². The lowest BCUT2D eigenvalue weighted by Crippen LogP contribution is -2.21. The molecule has 0 aliphatic rings. The van der Waals surface area contributed by atoms with Crippen LogP contribution < -0.4 is 14.8 Å². The van der Waals surface area contributed by atoms with Gasteiger partial charge in [-0.1, -0.05) is 20.8 Å². The summed E-state index contributed by atoms with van der Waals surface area (Å²) in [5.41, 5.74) is 1.09. The second kappa shape index (κ2) is 12.3. The monoisotopic (exact) mass is 443 g/mol. The minimum Gasteiger partial charge on any atom is -0.493 e. The van der Waals surface area contributed by atoms with Gasteiger partial charge >= 0.3 is 11.9 Å². The Balaban J connectivity index is 1.88. The molecule has 1 N–H and O–H groups in total. The minimum atomic E-state index is -0.664. The number of carbonyl (C=O) groups is 3. The third-order valence-electron chi connectivity index (χ3n) is 4.15. The Kier molecular flexibility index (Phi) is 9.53.